The smallest absolute Gasteiger partial charge is 0.410 e. The van der Waals surface area contributed by atoms with E-state index < -0.39 is 26.0 Å². The number of benzene rings is 2. The molecular formula is C22H24ClN3O7S2. The summed E-state index contributed by atoms with van der Waals surface area (Å²) in [6, 6.07) is 9.78. The van der Waals surface area contributed by atoms with E-state index in [0.29, 0.717) is 37.3 Å². The molecular weight excluding hydrogens is 518 g/mol. The molecule has 188 valence electrons. The van der Waals surface area contributed by atoms with Gasteiger partial charge in [0.25, 0.3) is 5.91 Å². The summed E-state index contributed by atoms with van der Waals surface area (Å²) in [5, 5.41) is 5.33. The Balaban J connectivity index is 1.32. The Morgan fingerprint density at radius 1 is 0.943 bits per heavy atom. The molecule has 2 fully saturated rings. The van der Waals surface area contributed by atoms with E-state index in [2.05, 4.69) is 0 Å². The summed E-state index contributed by atoms with van der Waals surface area (Å²) in [4.78, 5) is 28.7. The minimum atomic E-state index is -3.83. The van der Waals surface area contributed by atoms with Gasteiger partial charge in [-0.2, -0.15) is 0 Å². The van der Waals surface area contributed by atoms with Crippen molar-refractivity contribution >= 4 is 43.5 Å². The summed E-state index contributed by atoms with van der Waals surface area (Å²) >= 11 is 5.99. The second kappa shape index (κ2) is 9.41. The number of sulfone groups is 1. The number of amides is 2. The van der Waals surface area contributed by atoms with Gasteiger partial charge in [0, 0.05) is 54.9 Å². The predicted molar refractivity (Wildman–Crippen MR) is 127 cm³/mol. The van der Waals surface area contributed by atoms with Crippen molar-refractivity contribution in [1.82, 2.24) is 9.80 Å². The molecule has 0 spiro atoms. The molecule has 2 aliphatic rings. The summed E-state index contributed by atoms with van der Waals surface area (Å²) < 4.78 is 51.7. The third kappa shape index (κ3) is 5.77. The van der Waals surface area contributed by atoms with Gasteiger partial charge in [-0.1, -0.05) is 11.6 Å². The number of fused-ring (bicyclic) bond motifs is 1. The zero-order chi connectivity index (χ0) is 25.5. The van der Waals surface area contributed by atoms with E-state index in [4.69, 9.17) is 21.5 Å². The molecule has 0 aliphatic carbocycles. The normalized spacial score (nSPS) is 20.1. The largest absolute Gasteiger partial charge is 0.445 e. The molecule has 0 bridgehead atoms. The molecule has 2 N–H and O–H groups in total. The van der Waals surface area contributed by atoms with Crippen molar-refractivity contribution in [1.29, 1.82) is 0 Å². The summed E-state index contributed by atoms with van der Waals surface area (Å²) in [5.74, 6) is -0.0199. The van der Waals surface area contributed by atoms with Crippen LogP contribution in [-0.4, -0.2) is 71.1 Å². The maximum atomic E-state index is 12.8. The maximum Gasteiger partial charge on any atom is 0.410 e. The number of hydrogen-bond donors (Lipinski definition) is 1. The van der Waals surface area contributed by atoms with Crippen molar-refractivity contribution in [2.45, 2.75) is 16.4 Å². The SMILES string of the molecule is CS(=O)(=O)c1cc(Cl)cc(COC(=O)N2CC3CN(C(=O)c4ccc(S(N)(=O)=O)cc4)CC3C2)c1. The minimum absolute atomic E-state index is 0.0517. The van der Waals surface area contributed by atoms with Crippen LogP contribution in [0.3, 0.4) is 0 Å². The first-order chi connectivity index (χ1) is 16.3. The lowest BCUT2D eigenvalue weighted by molar-refractivity contribution is 0.0764. The van der Waals surface area contributed by atoms with Crippen molar-refractivity contribution < 1.29 is 31.2 Å². The number of hydrogen-bond acceptors (Lipinski definition) is 7. The maximum absolute atomic E-state index is 12.8. The van der Waals surface area contributed by atoms with Crippen LogP contribution in [-0.2, 0) is 31.2 Å². The van der Waals surface area contributed by atoms with Gasteiger partial charge in [0.05, 0.1) is 9.79 Å². The van der Waals surface area contributed by atoms with Crippen LogP contribution in [0, 0.1) is 11.8 Å². The van der Waals surface area contributed by atoms with Crippen LogP contribution in [0.5, 0.6) is 0 Å². The quantitative estimate of drug-likeness (QED) is 0.607. The van der Waals surface area contributed by atoms with Gasteiger partial charge < -0.3 is 14.5 Å². The molecule has 0 aromatic heterocycles. The lowest BCUT2D eigenvalue weighted by atomic mass is 10.0. The number of likely N-dealkylation sites (tertiary alicyclic amines) is 2. The van der Waals surface area contributed by atoms with Gasteiger partial charge in [0.2, 0.25) is 10.0 Å². The molecule has 4 rings (SSSR count). The van der Waals surface area contributed by atoms with E-state index in [1.165, 1.54) is 36.4 Å². The summed E-state index contributed by atoms with van der Waals surface area (Å²) in [6.07, 6.45) is 0.558. The first kappa shape index (κ1) is 25.4. The van der Waals surface area contributed by atoms with Gasteiger partial charge in [0.1, 0.15) is 6.61 Å². The van der Waals surface area contributed by atoms with Gasteiger partial charge in [-0.05, 0) is 48.0 Å². The number of halogens is 1. The molecule has 13 heteroatoms. The minimum Gasteiger partial charge on any atom is -0.445 e. The molecule has 2 heterocycles. The van der Waals surface area contributed by atoms with Crippen molar-refractivity contribution in [2.24, 2.45) is 17.0 Å². The molecule has 35 heavy (non-hydrogen) atoms. The Morgan fingerprint density at radius 2 is 1.51 bits per heavy atom. The Kier molecular flexibility index (Phi) is 6.84. The van der Waals surface area contributed by atoms with Gasteiger partial charge >= 0.3 is 6.09 Å². The number of sulfonamides is 1. The second-order valence-electron chi connectivity index (χ2n) is 8.83. The van der Waals surface area contributed by atoms with Crippen LogP contribution in [0.25, 0.3) is 0 Å². The van der Waals surface area contributed by atoms with E-state index in [1.54, 1.807) is 15.9 Å². The highest BCUT2D eigenvalue weighted by Crippen LogP contribution is 2.32. The van der Waals surface area contributed by atoms with E-state index in [9.17, 15) is 26.4 Å². The Hall–Kier alpha value is -2.67. The monoisotopic (exact) mass is 541 g/mol. The molecule has 2 amide bonds. The first-order valence-electron chi connectivity index (χ1n) is 10.6. The average molecular weight is 542 g/mol. The molecule has 2 saturated heterocycles. The molecule has 2 aliphatic heterocycles. The third-order valence-electron chi connectivity index (χ3n) is 6.18. The Labute approximate surface area is 208 Å². The zero-order valence-corrected chi connectivity index (χ0v) is 21.1. The van der Waals surface area contributed by atoms with Crippen molar-refractivity contribution in [3.05, 3.63) is 58.6 Å². The number of carbonyl (C=O) groups excluding carboxylic acids is 2. The van der Waals surface area contributed by atoms with Crippen LogP contribution >= 0.6 is 11.6 Å². The van der Waals surface area contributed by atoms with E-state index in [0.717, 1.165) is 6.26 Å². The highest BCUT2D eigenvalue weighted by molar-refractivity contribution is 7.90. The van der Waals surface area contributed by atoms with Gasteiger partial charge in [0.15, 0.2) is 9.84 Å². The summed E-state index contributed by atoms with van der Waals surface area (Å²) in [5.41, 5.74) is 0.833. The molecule has 2 aromatic carbocycles. The number of rotatable bonds is 5. The second-order valence-corrected chi connectivity index (χ2v) is 12.8. The molecule has 0 radical (unpaired) electrons. The molecule has 0 saturated carbocycles. The van der Waals surface area contributed by atoms with Crippen molar-refractivity contribution in [3.63, 3.8) is 0 Å². The third-order valence-corrected chi connectivity index (χ3v) is 8.42. The number of ether oxygens (including phenoxy) is 1. The first-order valence-corrected chi connectivity index (χ1v) is 14.5. The van der Waals surface area contributed by atoms with Crippen LogP contribution < -0.4 is 5.14 Å². The van der Waals surface area contributed by atoms with Crippen LogP contribution in [0.1, 0.15) is 15.9 Å². The van der Waals surface area contributed by atoms with E-state index >= 15 is 0 Å². The lowest BCUT2D eigenvalue weighted by Crippen LogP contribution is -2.35. The molecule has 2 atom stereocenters. The molecule has 2 aromatic rings. The fourth-order valence-corrected chi connectivity index (χ4v) is 5.98. The van der Waals surface area contributed by atoms with Gasteiger partial charge in [-0.3, -0.25) is 4.79 Å². The van der Waals surface area contributed by atoms with Crippen LogP contribution in [0.4, 0.5) is 4.79 Å². The topological polar surface area (TPSA) is 144 Å². The van der Waals surface area contributed by atoms with Crippen LogP contribution in [0.2, 0.25) is 5.02 Å². The highest BCUT2D eigenvalue weighted by Gasteiger charge is 2.43. The fraction of sp³-hybridized carbons (Fsp3) is 0.364. The summed E-state index contributed by atoms with van der Waals surface area (Å²) in [7, 11) is -7.29. The van der Waals surface area contributed by atoms with Gasteiger partial charge in [-0.15, -0.1) is 0 Å². The molecule has 10 nitrogen and oxygen atoms in total. The zero-order valence-electron chi connectivity index (χ0n) is 18.8. The average Bonchev–Trinajstić information content (AvgIpc) is 3.35. The standard InChI is InChI=1S/C22H24ClN3O7S2/c1-34(29,30)20-7-14(6-18(23)8-20)13-33-22(28)26-11-16-9-25(10-17(16)12-26)21(27)15-2-4-19(5-3-15)35(24,31)32/h2-8,16-17H,9-13H2,1H3,(H2,24,31,32). The fourth-order valence-electron chi connectivity index (χ4n) is 4.43. The highest BCUT2D eigenvalue weighted by atomic mass is 35.5. The Bertz CT molecular complexity index is 1360. The van der Waals surface area contributed by atoms with E-state index in [1.807, 2.05) is 0 Å². The van der Waals surface area contributed by atoms with Crippen LogP contribution in [0.15, 0.2) is 52.3 Å². The number of carbonyl (C=O) groups is 2. The molecule has 2 unspecified atom stereocenters. The van der Waals surface area contributed by atoms with Crippen molar-refractivity contribution in [2.75, 3.05) is 32.4 Å². The number of primary sulfonamides is 1. The Morgan fingerprint density at radius 3 is 2.06 bits per heavy atom. The van der Waals surface area contributed by atoms with E-state index in [-0.39, 0.29) is 39.2 Å². The lowest BCUT2D eigenvalue weighted by Gasteiger charge is -2.22. The predicted octanol–water partition coefficient (Wildman–Crippen LogP) is 1.73. The number of nitrogens with zero attached hydrogens (tertiary/aromatic N) is 2. The van der Waals surface area contributed by atoms with Gasteiger partial charge in [-0.25, -0.2) is 26.8 Å². The summed E-state index contributed by atoms with van der Waals surface area (Å²) in [6.45, 7) is 1.68. The number of nitrogens with two attached hydrogens (primary N) is 1. The van der Waals surface area contributed by atoms with Crippen molar-refractivity contribution in [3.8, 4) is 0 Å².